The first-order valence-corrected chi connectivity index (χ1v) is 8.59. The largest absolute Gasteiger partial charge is 0.497 e. The number of halogens is 1. The number of hydrogen-bond acceptors (Lipinski definition) is 5. The van der Waals surface area contributed by atoms with E-state index in [2.05, 4.69) is 15.2 Å². The molecule has 0 saturated carbocycles. The van der Waals surface area contributed by atoms with Gasteiger partial charge in [0.25, 0.3) is 5.91 Å². The molecule has 1 amide bonds. The predicted molar refractivity (Wildman–Crippen MR) is 107 cm³/mol. The molecule has 0 spiro atoms. The molecule has 0 radical (unpaired) electrons. The molecule has 1 aliphatic rings. The maximum atomic E-state index is 12.4. The molecule has 0 aliphatic carbocycles. The minimum atomic E-state index is -0.194. The van der Waals surface area contributed by atoms with Crippen LogP contribution in [0.25, 0.3) is 10.9 Å². The summed E-state index contributed by atoms with van der Waals surface area (Å²) in [5, 5.41) is 9.39. The van der Waals surface area contributed by atoms with Crippen LogP contribution in [-0.2, 0) is 4.79 Å². The Kier molecular flexibility index (Phi) is 4.33. The Morgan fingerprint density at radius 1 is 1.19 bits per heavy atom. The molecule has 0 saturated heterocycles. The first kappa shape index (κ1) is 17.2. The molecule has 0 N–H and O–H groups in total. The number of hydrogen-bond donors (Lipinski definition) is 0. The molecule has 0 bridgehead atoms. The number of nitrogens with zero attached hydrogens (tertiary/aromatic N) is 4. The summed E-state index contributed by atoms with van der Waals surface area (Å²) < 4.78 is 5.24. The fourth-order valence-corrected chi connectivity index (χ4v) is 3.15. The van der Waals surface area contributed by atoms with Crippen LogP contribution in [0.15, 0.2) is 58.7 Å². The molecule has 6 nitrogen and oxygen atoms in total. The number of carbonyl (C=O) groups excluding carboxylic acids is 1. The van der Waals surface area contributed by atoms with E-state index in [1.165, 1.54) is 6.21 Å². The number of methoxy groups -OCH3 is 1. The van der Waals surface area contributed by atoms with E-state index in [4.69, 9.17) is 16.3 Å². The van der Waals surface area contributed by atoms with Crippen LogP contribution in [0.2, 0.25) is 5.15 Å². The van der Waals surface area contributed by atoms with Crippen LogP contribution in [0.1, 0.15) is 11.1 Å². The predicted octanol–water partition coefficient (Wildman–Crippen LogP) is 3.70. The number of aromatic nitrogens is 1. The molecule has 4 rings (SSSR count). The normalized spacial score (nSPS) is 15.1. The van der Waals surface area contributed by atoms with Crippen molar-refractivity contribution in [2.45, 2.75) is 0 Å². The van der Waals surface area contributed by atoms with Gasteiger partial charge in [-0.25, -0.2) is 4.98 Å². The zero-order valence-electron chi connectivity index (χ0n) is 14.7. The van der Waals surface area contributed by atoms with Crippen molar-refractivity contribution in [2.24, 2.45) is 10.2 Å². The third-order valence-corrected chi connectivity index (χ3v) is 4.69. The van der Waals surface area contributed by atoms with Gasteiger partial charge in [0.05, 0.1) is 24.5 Å². The van der Waals surface area contributed by atoms with Crippen LogP contribution in [0, 0.1) is 0 Å². The minimum Gasteiger partial charge on any atom is -0.497 e. The van der Waals surface area contributed by atoms with Crippen molar-refractivity contribution in [2.75, 3.05) is 19.1 Å². The lowest BCUT2D eigenvalue weighted by Crippen LogP contribution is -2.25. The van der Waals surface area contributed by atoms with E-state index in [1.807, 2.05) is 48.5 Å². The van der Waals surface area contributed by atoms with Gasteiger partial charge in [-0.3, -0.25) is 4.79 Å². The van der Waals surface area contributed by atoms with E-state index in [9.17, 15) is 4.79 Å². The number of rotatable bonds is 3. The Labute approximate surface area is 160 Å². The summed E-state index contributed by atoms with van der Waals surface area (Å²) in [6.07, 6.45) is 1.50. The molecule has 2 heterocycles. The fourth-order valence-electron chi connectivity index (χ4n) is 2.96. The van der Waals surface area contributed by atoms with Crippen LogP contribution in [0.3, 0.4) is 0 Å². The van der Waals surface area contributed by atoms with Gasteiger partial charge in [-0.05, 0) is 30.3 Å². The number of likely N-dealkylation sites (N-methyl/N-ethyl adjacent to an activating group) is 1. The van der Waals surface area contributed by atoms with Gasteiger partial charge in [0.2, 0.25) is 0 Å². The fraction of sp³-hybridized carbons (Fsp3) is 0.100. The number of carbonyl (C=O) groups is 1. The summed E-state index contributed by atoms with van der Waals surface area (Å²) in [7, 11) is 3.32. The quantitative estimate of drug-likeness (QED) is 0.396. The molecule has 0 atom stereocenters. The lowest BCUT2D eigenvalue weighted by molar-refractivity contribution is -0.111. The Hall–Kier alpha value is -3.25. The second-order valence-corrected chi connectivity index (χ2v) is 6.36. The summed E-state index contributed by atoms with van der Waals surface area (Å²) in [5.41, 5.74) is 3.24. The average Bonchev–Trinajstić information content (AvgIpc) is 2.93. The van der Waals surface area contributed by atoms with Crippen LogP contribution >= 0.6 is 11.6 Å². The Bertz CT molecular complexity index is 1120. The van der Waals surface area contributed by atoms with E-state index in [0.29, 0.717) is 16.4 Å². The molecule has 3 aromatic rings. The van der Waals surface area contributed by atoms with Crippen molar-refractivity contribution >= 4 is 46.0 Å². The summed E-state index contributed by atoms with van der Waals surface area (Å²) >= 11 is 6.25. The highest BCUT2D eigenvalue weighted by atomic mass is 35.5. The Morgan fingerprint density at radius 3 is 2.81 bits per heavy atom. The van der Waals surface area contributed by atoms with Crippen molar-refractivity contribution in [1.29, 1.82) is 0 Å². The molecule has 1 aliphatic heterocycles. The third kappa shape index (κ3) is 3.04. The van der Waals surface area contributed by atoms with E-state index >= 15 is 0 Å². The number of benzene rings is 2. The molecule has 0 fully saturated rings. The van der Waals surface area contributed by atoms with Gasteiger partial charge in [0.1, 0.15) is 10.9 Å². The lowest BCUT2D eigenvalue weighted by Gasteiger charge is -2.07. The molecule has 1 aromatic heterocycles. The highest BCUT2D eigenvalue weighted by Gasteiger charge is 2.30. The number of para-hydroxylation sites is 1. The van der Waals surface area contributed by atoms with Gasteiger partial charge in [-0.15, -0.1) is 5.10 Å². The number of amides is 1. The highest BCUT2D eigenvalue weighted by Crippen LogP contribution is 2.28. The van der Waals surface area contributed by atoms with Crippen LogP contribution in [-0.4, -0.2) is 37.0 Å². The summed E-state index contributed by atoms with van der Waals surface area (Å²) in [6.45, 7) is 0. The molecular weight excluding hydrogens is 364 g/mol. The number of anilines is 1. The zero-order chi connectivity index (χ0) is 19.0. The van der Waals surface area contributed by atoms with Crippen molar-refractivity contribution in [3.05, 3.63) is 64.8 Å². The lowest BCUT2D eigenvalue weighted by atomic mass is 10.1. The molecular formula is C20H15ClN4O2. The monoisotopic (exact) mass is 378 g/mol. The van der Waals surface area contributed by atoms with Gasteiger partial charge in [0, 0.05) is 23.6 Å². The topological polar surface area (TPSA) is 67.2 Å². The van der Waals surface area contributed by atoms with Gasteiger partial charge in [-0.1, -0.05) is 29.8 Å². The zero-order valence-corrected chi connectivity index (χ0v) is 15.4. The van der Waals surface area contributed by atoms with Gasteiger partial charge in [0.15, 0.2) is 5.71 Å². The minimum absolute atomic E-state index is 0.194. The Morgan fingerprint density at radius 2 is 2.00 bits per heavy atom. The van der Waals surface area contributed by atoms with Gasteiger partial charge < -0.3 is 9.64 Å². The summed E-state index contributed by atoms with van der Waals surface area (Å²) in [5.74, 6) is 0.534. The highest BCUT2D eigenvalue weighted by molar-refractivity contribution is 6.54. The van der Waals surface area contributed by atoms with E-state index in [-0.39, 0.29) is 5.91 Å². The molecule has 7 heteroatoms. The average molecular weight is 379 g/mol. The standard InChI is InChI=1S/C20H15ClN4O2/c1-25-17-6-4-3-5-15(17)18(20(25)26)24-22-11-13-9-12-10-14(27-2)7-8-16(12)23-19(13)21/h3-11H,1-2H3/b22-11-,24-18-. The maximum Gasteiger partial charge on any atom is 0.279 e. The first-order valence-electron chi connectivity index (χ1n) is 8.21. The molecule has 134 valence electrons. The van der Waals surface area contributed by atoms with Crippen LogP contribution < -0.4 is 9.64 Å². The number of pyridine rings is 1. The van der Waals surface area contributed by atoms with Crippen molar-refractivity contribution < 1.29 is 9.53 Å². The summed E-state index contributed by atoms with van der Waals surface area (Å²) in [4.78, 5) is 18.3. The van der Waals surface area contributed by atoms with Crippen LogP contribution in [0.5, 0.6) is 5.75 Å². The Balaban J connectivity index is 1.70. The van der Waals surface area contributed by atoms with E-state index < -0.39 is 0 Å². The summed E-state index contributed by atoms with van der Waals surface area (Å²) in [6, 6.07) is 14.8. The van der Waals surface area contributed by atoms with Crippen molar-refractivity contribution in [3.63, 3.8) is 0 Å². The molecule has 27 heavy (non-hydrogen) atoms. The SMILES string of the molecule is COc1ccc2nc(Cl)c(/C=N\N=C3/C(=O)N(C)c4ccccc43)cc2c1. The molecule has 0 unspecified atom stereocenters. The second-order valence-electron chi connectivity index (χ2n) is 6.00. The van der Waals surface area contributed by atoms with Gasteiger partial charge >= 0.3 is 0 Å². The van der Waals surface area contributed by atoms with Gasteiger partial charge in [-0.2, -0.15) is 5.10 Å². The second kappa shape index (κ2) is 6.81. The smallest absolute Gasteiger partial charge is 0.279 e. The van der Waals surface area contributed by atoms with Crippen LogP contribution in [0.4, 0.5) is 5.69 Å². The number of fused-ring (bicyclic) bond motifs is 2. The first-order chi connectivity index (χ1) is 13.1. The molecule has 2 aromatic carbocycles. The maximum absolute atomic E-state index is 12.4. The van der Waals surface area contributed by atoms with E-state index in [0.717, 1.165) is 27.9 Å². The third-order valence-electron chi connectivity index (χ3n) is 4.38. The van der Waals surface area contributed by atoms with Crippen molar-refractivity contribution in [3.8, 4) is 5.75 Å². The van der Waals surface area contributed by atoms with Crippen molar-refractivity contribution in [1.82, 2.24) is 4.98 Å². The number of ether oxygens (including phenoxy) is 1. The van der Waals surface area contributed by atoms with E-state index in [1.54, 1.807) is 19.1 Å².